The summed E-state index contributed by atoms with van der Waals surface area (Å²) in [7, 11) is 0. The normalized spacial score (nSPS) is 10.6. The smallest absolute Gasteiger partial charge is 0.242 e. The number of aryl methyl sites for hydroxylation is 3. The van der Waals surface area contributed by atoms with Crippen molar-refractivity contribution in [3.63, 3.8) is 0 Å². The second kappa shape index (κ2) is 8.35. The zero-order valence-corrected chi connectivity index (χ0v) is 15.0. The number of hydrogen-bond acceptors (Lipinski definition) is 7. The van der Waals surface area contributed by atoms with E-state index >= 15 is 0 Å². The molecule has 0 aliphatic rings. The molecule has 2 aromatic heterocycles. The molecule has 0 saturated carbocycles. The predicted octanol–water partition coefficient (Wildman–Crippen LogP) is 2.75. The van der Waals surface area contributed by atoms with Crippen LogP contribution in [-0.4, -0.2) is 26.0 Å². The van der Waals surface area contributed by atoms with Crippen molar-refractivity contribution in [2.45, 2.75) is 33.1 Å². The lowest BCUT2D eigenvalue weighted by Crippen LogP contribution is -2.30. The number of carbonyl (C=O) groups is 1. The molecule has 0 atom stereocenters. The van der Waals surface area contributed by atoms with Gasteiger partial charge < -0.3 is 4.52 Å². The Labute approximate surface area is 155 Å². The molecule has 140 valence electrons. The minimum atomic E-state index is -0.326. The van der Waals surface area contributed by atoms with E-state index in [-0.39, 0.29) is 18.1 Å². The van der Waals surface area contributed by atoms with Crippen LogP contribution >= 0.6 is 0 Å². The second-order valence-corrected chi connectivity index (χ2v) is 6.02. The molecule has 9 heteroatoms. The van der Waals surface area contributed by atoms with Gasteiger partial charge in [0.05, 0.1) is 0 Å². The zero-order valence-electron chi connectivity index (χ0n) is 15.0. The van der Waals surface area contributed by atoms with E-state index in [1.165, 1.54) is 12.1 Å². The first-order valence-corrected chi connectivity index (χ1v) is 8.45. The number of anilines is 1. The SMILES string of the molecule is Cc1cc(C)nc(NNC(=O)CCCc2nc(-c3ccc(F)cc3)no2)n1. The third-order valence-corrected chi connectivity index (χ3v) is 3.66. The van der Waals surface area contributed by atoms with E-state index in [0.29, 0.717) is 36.1 Å². The number of rotatable bonds is 7. The van der Waals surface area contributed by atoms with Gasteiger partial charge in [0.2, 0.25) is 23.6 Å². The van der Waals surface area contributed by atoms with Crippen molar-refractivity contribution in [1.82, 2.24) is 25.5 Å². The topological polar surface area (TPSA) is 106 Å². The van der Waals surface area contributed by atoms with Crippen molar-refractivity contribution in [2.75, 3.05) is 5.43 Å². The van der Waals surface area contributed by atoms with Gasteiger partial charge in [-0.25, -0.2) is 14.4 Å². The number of halogens is 1. The van der Waals surface area contributed by atoms with Crippen LogP contribution in [-0.2, 0) is 11.2 Å². The van der Waals surface area contributed by atoms with Gasteiger partial charge in [-0.2, -0.15) is 4.98 Å². The maximum absolute atomic E-state index is 12.9. The molecule has 3 aromatic rings. The quantitative estimate of drug-likeness (QED) is 0.616. The fourth-order valence-electron chi connectivity index (χ4n) is 2.44. The summed E-state index contributed by atoms with van der Waals surface area (Å²) in [4.78, 5) is 24.5. The summed E-state index contributed by atoms with van der Waals surface area (Å²) in [6, 6.07) is 7.68. The van der Waals surface area contributed by atoms with Crippen molar-refractivity contribution in [1.29, 1.82) is 0 Å². The Kier molecular flexibility index (Phi) is 5.70. The molecule has 0 saturated heterocycles. The molecule has 0 aliphatic carbocycles. The van der Waals surface area contributed by atoms with E-state index in [9.17, 15) is 9.18 Å². The summed E-state index contributed by atoms with van der Waals surface area (Å²) in [5.74, 6) is 0.641. The van der Waals surface area contributed by atoms with Crippen LogP contribution in [0.15, 0.2) is 34.9 Å². The van der Waals surface area contributed by atoms with Crippen LogP contribution in [0.1, 0.15) is 30.1 Å². The van der Waals surface area contributed by atoms with Crippen LogP contribution in [0.25, 0.3) is 11.4 Å². The molecule has 8 nitrogen and oxygen atoms in total. The Hall–Kier alpha value is -3.36. The van der Waals surface area contributed by atoms with Gasteiger partial charge in [-0.3, -0.25) is 15.6 Å². The average molecular weight is 370 g/mol. The molecule has 0 spiro atoms. The van der Waals surface area contributed by atoms with E-state index < -0.39 is 0 Å². The molecule has 2 heterocycles. The van der Waals surface area contributed by atoms with Crippen LogP contribution in [0.2, 0.25) is 0 Å². The minimum Gasteiger partial charge on any atom is -0.339 e. The highest BCUT2D eigenvalue weighted by atomic mass is 19.1. The molecule has 1 aromatic carbocycles. The van der Waals surface area contributed by atoms with Gasteiger partial charge in [-0.05, 0) is 50.6 Å². The highest BCUT2D eigenvalue weighted by Crippen LogP contribution is 2.16. The lowest BCUT2D eigenvalue weighted by atomic mass is 10.2. The molecule has 1 amide bonds. The van der Waals surface area contributed by atoms with E-state index in [2.05, 4.69) is 31.0 Å². The van der Waals surface area contributed by atoms with Gasteiger partial charge >= 0.3 is 0 Å². The van der Waals surface area contributed by atoms with E-state index in [0.717, 1.165) is 11.4 Å². The molecule has 2 N–H and O–H groups in total. The number of hydrazine groups is 1. The maximum Gasteiger partial charge on any atom is 0.242 e. The molecule has 27 heavy (non-hydrogen) atoms. The lowest BCUT2D eigenvalue weighted by molar-refractivity contribution is -0.120. The second-order valence-electron chi connectivity index (χ2n) is 6.02. The fraction of sp³-hybridized carbons (Fsp3) is 0.278. The Bertz CT molecular complexity index is 906. The van der Waals surface area contributed by atoms with Crippen molar-refractivity contribution in [3.8, 4) is 11.4 Å². The third-order valence-electron chi connectivity index (χ3n) is 3.66. The number of nitrogens with one attached hydrogen (secondary N) is 2. The van der Waals surface area contributed by atoms with Crippen LogP contribution in [0, 0.1) is 19.7 Å². The van der Waals surface area contributed by atoms with Crippen LogP contribution < -0.4 is 10.9 Å². The number of amides is 1. The third kappa shape index (κ3) is 5.30. The molecule has 0 fully saturated rings. The molecule has 0 bridgehead atoms. The largest absolute Gasteiger partial charge is 0.339 e. The number of aromatic nitrogens is 4. The summed E-state index contributed by atoms with van der Waals surface area (Å²) >= 11 is 0. The lowest BCUT2D eigenvalue weighted by Gasteiger charge is -2.07. The Morgan fingerprint density at radius 1 is 1.11 bits per heavy atom. The predicted molar refractivity (Wildman–Crippen MR) is 95.9 cm³/mol. The standard InChI is InChI=1S/C18H19FN6O2/c1-11-10-12(2)21-18(20-11)24-23-15(26)4-3-5-16-22-17(25-27-16)13-6-8-14(19)9-7-13/h6-10H,3-5H2,1-2H3,(H,23,26)(H,20,21,24). The van der Waals surface area contributed by atoms with Gasteiger partial charge in [-0.1, -0.05) is 5.16 Å². The van der Waals surface area contributed by atoms with Crippen LogP contribution in [0.4, 0.5) is 10.3 Å². The first-order valence-electron chi connectivity index (χ1n) is 8.45. The maximum atomic E-state index is 12.9. The molecular formula is C18H19FN6O2. The van der Waals surface area contributed by atoms with E-state index in [1.54, 1.807) is 12.1 Å². The summed E-state index contributed by atoms with van der Waals surface area (Å²) in [5, 5.41) is 3.87. The van der Waals surface area contributed by atoms with E-state index in [4.69, 9.17) is 4.52 Å². The van der Waals surface area contributed by atoms with Gasteiger partial charge in [0.15, 0.2) is 0 Å². The van der Waals surface area contributed by atoms with Gasteiger partial charge in [0.1, 0.15) is 5.82 Å². The number of nitrogens with zero attached hydrogens (tertiary/aromatic N) is 4. The Balaban J connectivity index is 1.44. The summed E-state index contributed by atoms with van der Waals surface area (Å²) in [5.41, 5.74) is 7.55. The Morgan fingerprint density at radius 2 is 1.81 bits per heavy atom. The summed E-state index contributed by atoms with van der Waals surface area (Å²) < 4.78 is 18.1. The van der Waals surface area contributed by atoms with Crippen LogP contribution in [0.5, 0.6) is 0 Å². The van der Waals surface area contributed by atoms with Crippen LogP contribution in [0.3, 0.4) is 0 Å². The molecule has 0 aliphatic heterocycles. The first kappa shape index (κ1) is 18.4. The highest BCUT2D eigenvalue weighted by molar-refractivity contribution is 5.76. The van der Waals surface area contributed by atoms with Crippen molar-refractivity contribution in [2.24, 2.45) is 0 Å². The van der Waals surface area contributed by atoms with E-state index in [1.807, 2.05) is 19.9 Å². The fourth-order valence-corrected chi connectivity index (χ4v) is 2.44. The molecule has 3 rings (SSSR count). The summed E-state index contributed by atoms with van der Waals surface area (Å²) in [6.45, 7) is 3.71. The number of hydrogen-bond donors (Lipinski definition) is 2. The highest BCUT2D eigenvalue weighted by Gasteiger charge is 2.10. The average Bonchev–Trinajstić information content (AvgIpc) is 3.09. The monoisotopic (exact) mass is 370 g/mol. The number of carbonyl (C=O) groups excluding carboxylic acids is 1. The first-order chi connectivity index (χ1) is 13.0. The summed E-state index contributed by atoms with van der Waals surface area (Å²) in [6.07, 6.45) is 1.26. The van der Waals surface area contributed by atoms with Crippen molar-refractivity contribution < 1.29 is 13.7 Å². The van der Waals surface area contributed by atoms with Crippen molar-refractivity contribution in [3.05, 3.63) is 53.4 Å². The molecule has 0 unspecified atom stereocenters. The number of benzene rings is 1. The Morgan fingerprint density at radius 3 is 2.52 bits per heavy atom. The van der Waals surface area contributed by atoms with Gasteiger partial charge in [-0.15, -0.1) is 0 Å². The van der Waals surface area contributed by atoms with Gasteiger partial charge in [0, 0.05) is 29.8 Å². The minimum absolute atomic E-state index is 0.198. The molecule has 0 radical (unpaired) electrons. The van der Waals surface area contributed by atoms with Gasteiger partial charge in [0.25, 0.3) is 0 Å². The van der Waals surface area contributed by atoms with Crippen molar-refractivity contribution >= 4 is 11.9 Å². The zero-order chi connectivity index (χ0) is 19.2. The molecular weight excluding hydrogens is 351 g/mol.